The van der Waals surface area contributed by atoms with Crippen molar-refractivity contribution in [2.75, 3.05) is 5.73 Å². The van der Waals surface area contributed by atoms with Gasteiger partial charge in [0.1, 0.15) is 17.8 Å². The van der Waals surface area contributed by atoms with Gasteiger partial charge in [-0.05, 0) is 26.7 Å². The van der Waals surface area contributed by atoms with Crippen molar-refractivity contribution in [3.05, 3.63) is 17.7 Å². The topological polar surface area (TPSA) is 95.7 Å². The molecule has 0 unspecified atom stereocenters. The van der Waals surface area contributed by atoms with Gasteiger partial charge in [0.25, 0.3) is 0 Å². The Kier molecular flexibility index (Phi) is 2.88. The van der Waals surface area contributed by atoms with Crippen LogP contribution in [0.5, 0.6) is 0 Å². The van der Waals surface area contributed by atoms with E-state index in [-0.39, 0.29) is 6.04 Å². The Labute approximate surface area is 132 Å². The lowest BCUT2D eigenvalue weighted by atomic mass is 10.1. The standard InChI is InChI=1S/C16H16N6O/c1-4-10-12(21-23-14(10)9-5-6-9)13-11-15(17)18-7-19-16(11)22(20-13)8(2)3/h1,7-9H,5-6H2,2-3H3,(H2,17,18,19). The van der Waals surface area contributed by atoms with Gasteiger partial charge in [0.15, 0.2) is 17.1 Å². The molecule has 0 bridgehead atoms. The molecule has 1 saturated carbocycles. The lowest BCUT2D eigenvalue weighted by Gasteiger charge is -2.05. The summed E-state index contributed by atoms with van der Waals surface area (Å²) in [5, 5.41) is 9.48. The number of hydrogen-bond acceptors (Lipinski definition) is 6. The van der Waals surface area contributed by atoms with Gasteiger partial charge >= 0.3 is 0 Å². The molecule has 0 spiro atoms. The van der Waals surface area contributed by atoms with E-state index in [2.05, 4.69) is 26.1 Å². The molecule has 0 radical (unpaired) electrons. The zero-order valence-electron chi connectivity index (χ0n) is 12.9. The quantitative estimate of drug-likeness (QED) is 0.747. The second kappa shape index (κ2) is 4.81. The van der Waals surface area contributed by atoms with Crippen molar-refractivity contribution in [3.8, 4) is 23.7 Å². The minimum atomic E-state index is 0.115. The van der Waals surface area contributed by atoms with Crippen LogP contribution < -0.4 is 5.73 Å². The van der Waals surface area contributed by atoms with Crippen LogP contribution in [0.25, 0.3) is 22.4 Å². The van der Waals surface area contributed by atoms with Gasteiger partial charge in [-0.15, -0.1) is 6.42 Å². The molecule has 3 heterocycles. The molecule has 0 aromatic carbocycles. The molecule has 116 valence electrons. The summed E-state index contributed by atoms with van der Waals surface area (Å²) in [5.74, 6) is 4.20. The molecule has 1 aliphatic carbocycles. The number of hydrogen-bond donors (Lipinski definition) is 1. The third-order valence-corrected chi connectivity index (χ3v) is 4.04. The summed E-state index contributed by atoms with van der Waals surface area (Å²) in [6.45, 7) is 4.05. The first kappa shape index (κ1) is 13.8. The monoisotopic (exact) mass is 308 g/mol. The smallest absolute Gasteiger partial charge is 0.164 e. The summed E-state index contributed by atoms with van der Waals surface area (Å²) in [5.41, 5.74) is 8.51. The van der Waals surface area contributed by atoms with Crippen LogP contribution in [0.1, 0.15) is 50.0 Å². The van der Waals surface area contributed by atoms with Crippen LogP contribution in [0.4, 0.5) is 5.82 Å². The van der Waals surface area contributed by atoms with Gasteiger partial charge in [-0.2, -0.15) is 5.10 Å². The summed E-state index contributed by atoms with van der Waals surface area (Å²) >= 11 is 0. The van der Waals surface area contributed by atoms with E-state index in [0.29, 0.717) is 39.7 Å². The van der Waals surface area contributed by atoms with Crippen LogP contribution in [0.3, 0.4) is 0 Å². The summed E-state index contributed by atoms with van der Waals surface area (Å²) in [6, 6.07) is 0.115. The summed E-state index contributed by atoms with van der Waals surface area (Å²) in [6.07, 6.45) is 9.29. The van der Waals surface area contributed by atoms with Gasteiger partial charge in [0.2, 0.25) is 0 Å². The molecular weight excluding hydrogens is 292 g/mol. The molecule has 1 fully saturated rings. The molecule has 3 aromatic rings. The van der Waals surface area contributed by atoms with E-state index in [1.54, 1.807) is 4.68 Å². The highest BCUT2D eigenvalue weighted by Gasteiger charge is 2.33. The second-order valence-corrected chi connectivity index (χ2v) is 6.03. The molecule has 1 aliphatic rings. The van der Waals surface area contributed by atoms with Crippen LogP contribution in [0.15, 0.2) is 10.9 Å². The van der Waals surface area contributed by atoms with E-state index in [4.69, 9.17) is 16.7 Å². The minimum absolute atomic E-state index is 0.115. The SMILES string of the molecule is C#Cc1c(-c2nn(C(C)C)c3ncnc(N)c23)noc1C1CC1. The first-order valence-electron chi connectivity index (χ1n) is 7.57. The second-order valence-electron chi connectivity index (χ2n) is 6.03. The van der Waals surface area contributed by atoms with E-state index in [0.717, 1.165) is 18.6 Å². The van der Waals surface area contributed by atoms with Crippen LogP contribution in [0.2, 0.25) is 0 Å². The van der Waals surface area contributed by atoms with Crippen molar-refractivity contribution >= 4 is 16.9 Å². The third-order valence-electron chi connectivity index (χ3n) is 4.04. The van der Waals surface area contributed by atoms with Crippen LogP contribution >= 0.6 is 0 Å². The molecular formula is C16H16N6O. The van der Waals surface area contributed by atoms with E-state index in [1.165, 1.54) is 6.33 Å². The predicted molar refractivity (Wildman–Crippen MR) is 85.5 cm³/mol. The molecule has 0 aliphatic heterocycles. The Balaban J connectivity index is 2.02. The largest absolute Gasteiger partial charge is 0.383 e. The van der Waals surface area contributed by atoms with E-state index in [9.17, 15) is 0 Å². The molecule has 23 heavy (non-hydrogen) atoms. The Morgan fingerprint density at radius 3 is 2.78 bits per heavy atom. The first-order valence-corrected chi connectivity index (χ1v) is 7.57. The fourth-order valence-electron chi connectivity index (χ4n) is 2.75. The van der Waals surface area contributed by atoms with Crippen molar-refractivity contribution in [2.24, 2.45) is 0 Å². The number of nitrogen functional groups attached to an aromatic ring is 1. The van der Waals surface area contributed by atoms with Crippen LogP contribution in [0, 0.1) is 12.3 Å². The van der Waals surface area contributed by atoms with Crippen molar-refractivity contribution < 1.29 is 4.52 Å². The molecule has 2 N–H and O–H groups in total. The van der Waals surface area contributed by atoms with Crippen molar-refractivity contribution in [1.82, 2.24) is 24.9 Å². The maximum Gasteiger partial charge on any atom is 0.164 e. The maximum absolute atomic E-state index is 6.06. The van der Waals surface area contributed by atoms with Crippen molar-refractivity contribution in [3.63, 3.8) is 0 Å². The molecule has 0 saturated heterocycles. The van der Waals surface area contributed by atoms with E-state index < -0.39 is 0 Å². The summed E-state index contributed by atoms with van der Waals surface area (Å²) in [4.78, 5) is 8.40. The number of anilines is 1. The number of rotatable bonds is 3. The Hall–Kier alpha value is -2.88. The fourth-order valence-corrected chi connectivity index (χ4v) is 2.75. The number of terminal acetylenes is 1. The maximum atomic E-state index is 6.06. The van der Waals surface area contributed by atoms with E-state index in [1.807, 2.05) is 13.8 Å². The van der Waals surface area contributed by atoms with Gasteiger partial charge in [0.05, 0.1) is 10.9 Å². The number of nitrogens with zero attached hydrogens (tertiary/aromatic N) is 5. The average molecular weight is 308 g/mol. The van der Waals surface area contributed by atoms with Crippen LogP contribution in [-0.4, -0.2) is 24.9 Å². The number of fused-ring (bicyclic) bond motifs is 1. The highest BCUT2D eigenvalue weighted by Crippen LogP contribution is 2.44. The Morgan fingerprint density at radius 2 is 2.13 bits per heavy atom. The lowest BCUT2D eigenvalue weighted by Crippen LogP contribution is -2.04. The molecule has 7 nitrogen and oxygen atoms in total. The Morgan fingerprint density at radius 1 is 1.35 bits per heavy atom. The van der Waals surface area contributed by atoms with Gasteiger partial charge in [-0.25, -0.2) is 14.6 Å². The lowest BCUT2D eigenvalue weighted by molar-refractivity contribution is 0.385. The van der Waals surface area contributed by atoms with Crippen molar-refractivity contribution in [2.45, 2.75) is 38.6 Å². The predicted octanol–water partition coefficient (Wildman–Crippen LogP) is 2.50. The third kappa shape index (κ3) is 1.99. The van der Waals surface area contributed by atoms with Gasteiger partial charge in [-0.3, -0.25) is 0 Å². The Bertz CT molecular complexity index is 942. The molecule has 0 atom stereocenters. The van der Waals surface area contributed by atoms with Gasteiger partial charge in [-0.1, -0.05) is 11.1 Å². The molecule has 7 heteroatoms. The zero-order chi connectivity index (χ0) is 16.1. The average Bonchev–Trinajstić information content (AvgIpc) is 3.15. The fraction of sp³-hybridized carbons (Fsp3) is 0.375. The summed E-state index contributed by atoms with van der Waals surface area (Å²) in [7, 11) is 0. The number of nitrogens with two attached hydrogens (primary N) is 1. The number of aromatic nitrogens is 5. The molecule has 0 amide bonds. The van der Waals surface area contributed by atoms with Gasteiger partial charge in [0, 0.05) is 12.0 Å². The minimum Gasteiger partial charge on any atom is -0.383 e. The normalized spacial score (nSPS) is 14.5. The summed E-state index contributed by atoms with van der Waals surface area (Å²) < 4.78 is 7.30. The highest BCUT2D eigenvalue weighted by molar-refractivity contribution is 5.98. The first-order chi connectivity index (χ1) is 11.1. The molecule has 3 aromatic heterocycles. The van der Waals surface area contributed by atoms with Gasteiger partial charge < -0.3 is 10.3 Å². The zero-order valence-corrected chi connectivity index (χ0v) is 12.9. The highest BCUT2D eigenvalue weighted by atomic mass is 16.5. The van der Waals surface area contributed by atoms with Crippen LogP contribution in [-0.2, 0) is 0 Å². The molecule has 4 rings (SSSR count). The van der Waals surface area contributed by atoms with E-state index >= 15 is 0 Å². The van der Waals surface area contributed by atoms with Crippen molar-refractivity contribution in [1.29, 1.82) is 0 Å².